The van der Waals surface area contributed by atoms with Crippen molar-refractivity contribution >= 4 is 16.0 Å². The highest BCUT2D eigenvalue weighted by atomic mass is 32.2. The molecule has 0 atom stereocenters. The molecule has 0 amide bonds. The zero-order chi connectivity index (χ0) is 18.3. The van der Waals surface area contributed by atoms with Gasteiger partial charge in [-0.2, -0.15) is 5.10 Å². The fourth-order valence-corrected chi connectivity index (χ4v) is 2.78. The quantitative estimate of drug-likeness (QED) is 0.469. The first-order valence-electron chi connectivity index (χ1n) is 7.83. The Labute approximate surface area is 147 Å². The highest BCUT2D eigenvalue weighted by Gasteiger charge is 2.10. The molecule has 0 aliphatic carbocycles. The molecule has 2 aromatic rings. The van der Waals surface area contributed by atoms with E-state index < -0.39 is 10.0 Å². The third-order valence-corrected chi connectivity index (χ3v) is 4.92. The lowest BCUT2D eigenvalue weighted by Crippen LogP contribution is -2.37. The molecule has 0 radical (unpaired) electrons. The van der Waals surface area contributed by atoms with E-state index in [2.05, 4.69) is 30.4 Å². The van der Waals surface area contributed by atoms with Gasteiger partial charge in [0.1, 0.15) is 12.2 Å². The fraction of sp³-hybridized carbons (Fsp3) is 0.400. The van der Waals surface area contributed by atoms with E-state index in [1.54, 1.807) is 28.9 Å². The monoisotopic (exact) mass is 365 g/mol. The lowest BCUT2D eigenvalue weighted by atomic mass is 10.2. The number of hydrogen-bond acceptors (Lipinski definition) is 5. The number of nitrogens with zero attached hydrogens (tertiary/aromatic N) is 4. The van der Waals surface area contributed by atoms with Crippen molar-refractivity contribution in [3.05, 3.63) is 42.0 Å². The van der Waals surface area contributed by atoms with Crippen LogP contribution >= 0.6 is 0 Å². The van der Waals surface area contributed by atoms with Gasteiger partial charge >= 0.3 is 0 Å². The Bertz CT molecular complexity index is 813. The maximum Gasteiger partial charge on any atom is 0.240 e. The van der Waals surface area contributed by atoms with Gasteiger partial charge in [-0.15, -0.1) is 0 Å². The lowest BCUT2D eigenvalue weighted by Gasteiger charge is -2.11. The maximum atomic E-state index is 11.7. The Kier molecular flexibility index (Phi) is 6.48. The minimum Gasteiger partial charge on any atom is -0.357 e. The molecule has 10 heteroatoms. The predicted octanol–water partition coefficient (Wildman–Crippen LogP) is -0.0215. The van der Waals surface area contributed by atoms with Crippen LogP contribution in [0.4, 0.5) is 0 Å². The van der Waals surface area contributed by atoms with Crippen molar-refractivity contribution < 1.29 is 8.42 Å². The Balaban J connectivity index is 2.01. The minimum atomic E-state index is -3.42. The summed E-state index contributed by atoms with van der Waals surface area (Å²) >= 11 is 0. The molecule has 136 valence electrons. The third kappa shape index (κ3) is 5.26. The molecule has 0 bridgehead atoms. The number of benzene rings is 1. The smallest absolute Gasteiger partial charge is 0.240 e. The molecule has 0 saturated carbocycles. The van der Waals surface area contributed by atoms with Gasteiger partial charge in [-0.25, -0.2) is 23.1 Å². The molecule has 0 saturated heterocycles. The minimum absolute atomic E-state index is 0.232. The van der Waals surface area contributed by atoms with Crippen LogP contribution in [0, 0.1) is 0 Å². The van der Waals surface area contributed by atoms with Crippen LogP contribution in [0.5, 0.6) is 0 Å². The first kappa shape index (κ1) is 18.9. The van der Waals surface area contributed by atoms with E-state index in [4.69, 9.17) is 0 Å². The summed E-state index contributed by atoms with van der Waals surface area (Å²) in [5, 5.41) is 10.4. The summed E-state index contributed by atoms with van der Waals surface area (Å²) < 4.78 is 27.4. The third-order valence-electron chi connectivity index (χ3n) is 3.49. The number of aromatic nitrogens is 3. The molecule has 25 heavy (non-hydrogen) atoms. The molecular weight excluding hydrogens is 342 g/mol. The summed E-state index contributed by atoms with van der Waals surface area (Å²) in [5.41, 5.74) is 0.908. The van der Waals surface area contributed by atoms with Gasteiger partial charge in [-0.3, -0.25) is 4.68 Å². The van der Waals surface area contributed by atoms with Crippen LogP contribution in [0.1, 0.15) is 18.3 Å². The van der Waals surface area contributed by atoms with Gasteiger partial charge in [0.15, 0.2) is 5.96 Å². The van der Waals surface area contributed by atoms with Crippen molar-refractivity contribution in [1.29, 1.82) is 0 Å². The van der Waals surface area contributed by atoms with Crippen molar-refractivity contribution in [2.24, 2.45) is 12.0 Å². The molecule has 0 unspecified atom stereocenters. The van der Waals surface area contributed by atoms with Crippen LogP contribution < -0.4 is 15.4 Å². The zero-order valence-electron chi connectivity index (χ0n) is 14.5. The van der Waals surface area contributed by atoms with Crippen molar-refractivity contribution in [2.75, 3.05) is 13.6 Å². The van der Waals surface area contributed by atoms with Gasteiger partial charge in [0.25, 0.3) is 0 Å². The van der Waals surface area contributed by atoms with Crippen molar-refractivity contribution in [3.8, 4) is 0 Å². The number of guanidine groups is 1. The van der Waals surface area contributed by atoms with Gasteiger partial charge < -0.3 is 10.6 Å². The number of nitrogens with one attached hydrogen (secondary N) is 3. The van der Waals surface area contributed by atoms with Crippen LogP contribution in [-0.4, -0.2) is 42.7 Å². The normalized spacial score (nSPS) is 12.2. The van der Waals surface area contributed by atoms with Crippen LogP contribution in [0.2, 0.25) is 0 Å². The molecule has 0 spiro atoms. The second-order valence-electron chi connectivity index (χ2n) is 5.20. The van der Waals surface area contributed by atoms with E-state index in [9.17, 15) is 8.42 Å². The number of aliphatic imine (C=N–C) groups is 1. The second kappa shape index (κ2) is 8.58. The van der Waals surface area contributed by atoms with E-state index in [-0.39, 0.29) is 4.90 Å². The highest BCUT2D eigenvalue weighted by molar-refractivity contribution is 7.89. The second-order valence-corrected chi connectivity index (χ2v) is 7.09. The van der Waals surface area contributed by atoms with Crippen molar-refractivity contribution in [3.63, 3.8) is 0 Å². The summed E-state index contributed by atoms with van der Waals surface area (Å²) in [4.78, 5) is 8.88. The van der Waals surface area contributed by atoms with E-state index in [1.807, 2.05) is 14.0 Å². The zero-order valence-corrected chi connectivity index (χ0v) is 15.3. The first-order valence-corrected chi connectivity index (χ1v) is 9.32. The number of aryl methyl sites for hydroxylation is 1. The number of hydrogen-bond donors (Lipinski definition) is 3. The average molecular weight is 365 g/mol. The topological polar surface area (TPSA) is 113 Å². The predicted molar refractivity (Wildman–Crippen MR) is 95.3 cm³/mol. The fourth-order valence-electron chi connectivity index (χ4n) is 2.05. The van der Waals surface area contributed by atoms with Gasteiger partial charge in [0, 0.05) is 13.6 Å². The molecule has 0 aliphatic rings. The Morgan fingerprint density at radius 2 is 1.96 bits per heavy atom. The Morgan fingerprint density at radius 1 is 1.24 bits per heavy atom. The van der Waals surface area contributed by atoms with E-state index in [1.165, 1.54) is 13.4 Å². The van der Waals surface area contributed by atoms with Crippen LogP contribution in [0.25, 0.3) is 0 Å². The molecule has 3 N–H and O–H groups in total. The maximum absolute atomic E-state index is 11.7. The summed E-state index contributed by atoms with van der Waals surface area (Å²) in [6.07, 6.45) is 1.50. The van der Waals surface area contributed by atoms with Crippen LogP contribution in [-0.2, 0) is 30.2 Å². The standard InChI is InChI=1S/C15H23N7O2S/c1-4-17-15(19-10-14-20-11-21-22(14)3)18-9-12-5-7-13(8-6-12)25(23,24)16-2/h5-8,11,16H,4,9-10H2,1-3H3,(H2,17,18,19). The SMILES string of the molecule is CCNC(=NCc1ccc(S(=O)(=O)NC)cc1)NCc1ncnn1C. The summed E-state index contributed by atoms with van der Waals surface area (Å²) in [6, 6.07) is 6.63. The molecule has 9 nitrogen and oxygen atoms in total. The molecule has 0 fully saturated rings. The van der Waals surface area contributed by atoms with Crippen molar-refractivity contribution in [1.82, 2.24) is 30.1 Å². The van der Waals surface area contributed by atoms with E-state index >= 15 is 0 Å². The molecule has 2 rings (SSSR count). The molecule has 1 aromatic heterocycles. The summed E-state index contributed by atoms with van der Waals surface area (Å²) in [5.74, 6) is 1.45. The number of rotatable bonds is 7. The van der Waals surface area contributed by atoms with Gasteiger partial charge in [0.2, 0.25) is 10.0 Å². The first-order chi connectivity index (χ1) is 12.0. The molecular formula is C15H23N7O2S. The van der Waals surface area contributed by atoms with E-state index in [0.29, 0.717) is 19.0 Å². The highest BCUT2D eigenvalue weighted by Crippen LogP contribution is 2.10. The molecule has 1 aromatic carbocycles. The van der Waals surface area contributed by atoms with Crippen LogP contribution in [0.3, 0.4) is 0 Å². The summed E-state index contributed by atoms with van der Waals surface area (Å²) in [7, 11) is -0.202. The summed E-state index contributed by atoms with van der Waals surface area (Å²) in [6.45, 7) is 3.64. The van der Waals surface area contributed by atoms with Gasteiger partial charge in [-0.1, -0.05) is 12.1 Å². The molecule has 1 heterocycles. The average Bonchev–Trinajstić information content (AvgIpc) is 3.02. The van der Waals surface area contributed by atoms with Crippen LogP contribution in [0.15, 0.2) is 40.5 Å². The largest absolute Gasteiger partial charge is 0.357 e. The van der Waals surface area contributed by atoms with Crippen molar-refractivity contribution in [2.45, 2.75) is 24.9 Å². The Hall–Kier alpha value is -2.46. The van der Waals surface area contributed by atoms with E-state index in [0.717, 1.165) is 17.9 Å². The van der Waals surface area contributed by atoms with Gasteiger partial charge in [0.05, 0.1) is 18.0 Å². The number of sulfonamides is 1. The Morgan fingerprint density at radius 3 is 2.52 bits per heavy atom. The lowest BCUT2D eigenvalue weighted by molar-refractivity contribution is 0.588. The van der Waals surface area contributed by atoms with Gasteiger partial charge in [-0.05, 0) is 31.7 Å². The molecule has 0 aliphatic heterocycles.